The van der Waals surface area contributed by atoms with Gasteiger partial charge >= 0.3 is 0 Å². The molecule has 0 radical (unpaired) electrons. The zero-order chi connectivity index (χ0) is 13.9. The van der Waals surface area contributed by atoms with Crippen molar-refractivity contribution in [3.05, 3.63) is 60.2 Å². The molecule has 1 aromatic heterocycles. The van der Waals surface area contributed by atoms with Gasteiger partial charge in [-0.25, -0.2) is 0 Å². The number of aromatic nitrogens is 3. The fourth-order valence-corrected chi connectivity index (χ4v) is 2.40. The molecule has 5 heteroatoms. The summed E-state index contributed by atoms with van der Waals surface area (Å²) in [6.45, 7) is 2.07. The first-order chi connectivity index (χ1) is 9.75. The van der Waals surface area contributed by atoms with Crippen LogP contribution in [-0.2, 0) is 0 Å². The predicted octanol–water partition coefficient (Wildman–Crippen LogP) is 2.92. The highest BCUT2D eigenvalue weighted by atomic mass is 32.1. The molecule has 1 N–H and O–H groups in total. The van der Waals surface area contributed by atoms with Crippen molar-refractivity contribution in [1.29, 1.82) is 0 Å². The Bertz CT molecular complexity index is 736. The maximum atomic E-state index is 5.43. The van der Waals surface area contributed by atoms with Crippen LogP contribution in [0, 0.1) is 0 Å². The molecule has 100 valence electrons. The Labute approximate surface area is 122 Å². The van der Waals surface area contributed by atoms with E-state index in [9.17, 15) is 0 Å². The zero-order valence-corrected chi connectivity index (χ0v) is 11.8. The number of hydrogen-bond donors (Lipinski definition) is 1. The molecule has 1 atom stereocenters. The summed E-state index contributed by atoms with van der Waals surface area (Å²) in [6.07, 6.45) is 0. The van der Waals surface area contributed by atoms with Crippen molar-refractivity contribution in [2.75, 3.05) is 0 Å². The Morgan fingerprint density at radius 1 is 1.10 bits per heavy atom. The van der Waals surface area contributed by atoms with Crippen molar-refractivity contribution in [2.24, 2.45) is 0 Å². The van der Waals surface area contributed by atoms with Crippen LogP contribution in [-0.4, -0.2) is 20.1 Å². The van der Waals surface area contributed by atoms with Crippen LogP contribution < -0.4 is 5.32 Å². The maximum Gasteiger partial charge on any atom is 0.196 e. The smallest absolute Gasteiger partial charge is 0.196 e. The van der Waals surface area contributed by atoms with E-state index in [0.717, 1.165) is 11.0 Å². The van der Waals surface area contributed by atoms with Crippen LogP contribution in [0.15, 0.2) is 54.6 Å². The highest BCUT2D eigenvalue weighted by molar-refractivity contribution is 7.80. The first kappa shape index (κ1) is 12.7. The maximum absolute atomic E-state index is 5.43. The highest BCUT2D eigenvalue weighted by Gasteiger charge is 2.11. The summed E-state index contributed by atoms with van der Waals surface area (Å²) in [5, 5.41) is 12.0. The van der Waals surface area contributed by atoms with Gasteiger partial charge in [-0.2, -0.15) is 4.68 Å². The fraction of sp³-hybridized carbons (Fsp3) is 0.133. The third-order valence-electron chi connectivity index (χ3n) is 3.18. The van der Waals surface area contributed by atoms with Crippen molar-refractivity contribution in [3.8, 4) is 0 Å². The number of hydrogen-bond acceptors (Lipinski definition) is 3. The summed E-state index contributed by atoms with van der Waals surface area (Å²) in [6, 6.07) is 18.0. The van der Waals surface area contributed by atoms with E-state index >= 15 is 0 Å². The molecule has 0 saturated heterocycles. The molecular weight excluding hydrogens is 268 g/mol. The normalized spacial score (nSPS) is 12.2. The van der Waals surface area contributed by atoms with Gasteiger partial charge in [0, 0.05) is 0 Å². The van der Waals surface area contributed by atoms with Gasteiger partial charge in [0.1, 0.15) is 5.52 Å². The second-order valence-corrected chi connectivity index (χ2v) is 4.96. The highest BCUT2D eigenvalue weighted by Crippen LogP contribution is 2.13. The molecule has 4 nitrogen and oxygen atoms in total. The monoisotopic (exact) mass is 282 g/mol. The number of nitrogens with one attached hydrogen (secondary N) is 1. The molecule has 2 aromatic carbocycles. The quantitative estimate of drug-likeness (QED) is 0.734. The predicted molar refractivity (Wildman–Crippen MR) is 83.5 cm³/mol. The van der Waals surface area contributed by atoms with Crippen LogP contribution in [0.1, 0.15) is 18.5 Å². The molecule has 0 unspecified atom stereocenters. The van der Waals surface area contributed by atoms with Gasteiger partial charge in [-0.05, 0) is 36.8 Å². The molecule has 0 aliphatic rings. The first-order valence-electron chi connectivity index (χ1n) is 6.42. The van der Waals surface area contributed by atoms with E-state index in [1.54, 1.807) is 4.68 Å². The number of nitrogens with zero attached hydrogens (tertiary/aromatic N) is 3. The van der Waals surface area contributed by atoms with Crippen molar-refractivity contribution >= 4 is 28.4 Å². The van der Waals surface area contributed by atoms with Crippen LogP contribution in [0.4, 0.5) is 0 Å². The van der Waals surface area contributed by atoms with Crippen molar-refractivity contribution in [1.82, 2.24) is 20.3 Å². The summed E-state index contributed by atoms with van der Waals surface area (Å²) in [4.78, 5) is 0. The standard InChI is InChI=1S/C15H14N4S/c1-11(12-7-3-2-4-8-12)16-15(20)19-14-10-6-5-9-13(14)17-18-19/h2-11H,1H3,(H,16,20)/t11-/m1/s1. The van der Waals surface area contributed by atoms with Crippen LogP contribution in [0.5, 0.6) is 0 Å². The second-order valence-electron chi connectivity index (χ2n) is 4.57. The van der Waals surface area contributed by atoms with Gasteiger partial charge in [0.15, 0.2) is 5.11 Å². The lowest BCUT2D eigenvalue weighted by Gasteiger charge is -2.16. The zero-order valence-electron chi connectivity index (χ0n) is 11.0. The molecule has 0 fully saturated rings. The number of benzene rings is 2. The summed E-state index contributed by atoms with van der Waals surface area (Å²) >= 11 is 5.43. The minimum Gasteiger partial charge on any atom is -0.354 e. The Morgan fingerprint density at radius 3 is 2.60 bits per heavy atom. The summed E-state index contributed by atoms with van der Waals surface area (Å²) in [7, 11) is 0. The number of fused-ring (bicyclic) bond motifs is 1. The van der Waals surface area contributed by atoms with Crippen molar-refractivity contribution < 1.29 is 0 Å². The third-order valence-corrected chi connectivity index (χ3v) is 3.47. The minimum atomic E-state index is 0.117. The number of thiocarbonyl (C=S) groups is 1. The Hall–Kier alpha value is -2.27. The molecule has 3 rings (SSSR count). The third kappa shape index (κ3) is 2.40. The van der Waals surface area contributed by atoms with E-state index < -0.39 is 0 Å². The van der Waals surface area contributed by atoms with Gasteiger partial charge in [0.05, 0.1) is 11.6 Å². The molecule has 20 heavy (non-hydrogen) atoms. The molecule has 0 aliphatic heterocycles. The van der Waals surface area contributed by atoms with E-state index in [0.29, 0.717) is 5.11 Å². The number of para-hydroxylation sites is 1. The molecular formula is C15H14N4S. The Balaban J connectivity index is 1.83. The topological polar surface area (TPSA) is 42.7 Å². The minimum absolute atomic E-state index is 0.117. The van der Waals surface area contributed by atoms with Crippen LogP contribution >= 0.6 is 12.2 Å². The van der Waals surface area contributed by atoms with Gasteiger partial charge in [-0.15, -0.1) is 5.10 Å². The van der Waals surface area contributed by atoms with E-state index in [4.69, 9.17) is 12.2 Å². The average molecular weight is 282 g/mol. The van der Waals surface area contributed by atoms with E-state index in [1.165, 1.54) is 5.56 Å². The average Bonchev–Trinajstić information content (AvgIpc) is 2.92. The van der Waals surface area contributed by atoms with Gasteiger partial charge in [-0.1, -0.05) is 47.7 Å². The number of rotatable bonds is 2. The van der Waals surface area contributed by atoms with Crippen LogP contribution in [0.25, 0.3) is 11.0 Å². The van der Waals surface area contributed by atoms with E-state index in [1.807, 2.05) is 42.5 Å². The van der Waals surface area contributed by atoms with E-state index in [2.05, 4.69) is 34.7 Å². The summed E-state index contributed by atoms with van der Waals surface area (Å²) < 4.78 is 1.66. The van der Waals surface area contributed by atoms with Crippen LogP contribution in [0.2, 0.25) is 0 Å². The molecule has 3 aromatic rings. The van der Waals surface area contributed by atoms with Gasteiger partial charge in [-0.3, -0.25) is 0 Å². The fourth-order valence-electron chi connectivity index (χ4n) is 2.09. The van der Waals surface area contributed by atoms with E-state index in [-0.39, 0.29) is 6.04 Å². The molecule has 0 bridgehead atoms. The first-order valence-corrected chi connectivity index (χ1v) is 6.83. The summed E-state index contributed by atoms with van der Waals surface area (Å²) in [5.41, 5.74) is 2.92. The Morgan fingerprint density at radius 2 is 1.80 bits per heavy atom. The SMILES string of the molecule is C[C@@H](NC(=S)n1nnc2ccccc21)c1ccccc1. The lowest BCUT2D eigenvalue weighted by molar-refractivity contribution is 0.693. The van der Waals surface area contributed by atoms with Gasteiger partial charge < -0.3 is 5.32 Å². The lowest BCUT2D eigenvalue weighted by atomic mass is 10.1. The van der Waals surface area contributed by atoms with Crippen LogP contribution in [0.3, 0.4) is 0 Å². The lowest BCUT2D eigenvalue weighted by Crippen LogP contribution is -2.31. The van der Waals surface area contributed by atoms with Gasteiger partial charge in [0.2, 0.25) is 0 Å². The van der Waals surface area contributed by atoms with Gasteiger partial charge in [0.25, 0.3) is 0 Å². The second kappa shape index (κ2) is 5.38. The van der Waals surface area contributed by atoms with Crippen molar-refractivity contribution in [2.45, 2.75) is 13.0 Å². The molecule has 0 spiro atoms. The molecule has 1 heterocycles. The Kier molecular flexibility index (Phi) is 3.43. The van der Waals surface area contributed by atoms with Crippen molar-refractivity contribution in [3.63, 3.8) is 0 Å². The molecule has 0 aliphatic carbocycles. The largest absolute Gasteiger partial charge is 0.354 e. The molecule has 0 saturated carbocycles. The summed E-state index contributed by atoms with van der Waals surface area (Å²) in [5.74, 6) is 0. The molecule has 0 amide bonds.